The number of aromatic nitrogens is 2. The fraction of sp³-hybridized carbons (Fsp3) is 0.733. The molecule has 1 amide bonds. The Kier molecular flexibility index (Phi) is 4.18. The molecular weight excluding hydrogens is 254 g/mol. The van der Waals surface area contributed by atoms with Gasteiger partial charge in [0.25, 0.3) is 0 Å². The van der Waals surface area contributed by atoms with Crippen molar-refractivity contribution in [2.75, 3.05) is 13.7 Å². The molecule has 0 saturated heterocycles. The smallest absolute Gasteiger partial charge is 0.228 e. The molecular formula is C15H25N3O2. The summed E-state index contributed by atoms with van der Waals surface area (Å²) in [6.07, 6.45) is 7.32. The molecule has 0 aromatic carbocycles. The van der Waals surface area contributed by atoms with Crippen molar-refractivity contribution in [3.63, 3.8) is 0 Å². The van der Waals surface area contributed by atoms with Crippen LogP contribution in [0.4, 0.5) is 0 Å². The van der Waals surface area contributed by atoms with Crippen molar-refractivity contribution in [3.8, 4) is 0 Å². The number of carbonyl (C=O) groups excluding carboxylic acids is 1. The zero-order valence-electron chi connectivity index (χ0n) is 12.8. The highest BCUT2D eigenvalue weighted by molar-refractivity contribution is 5.85. The lowest BCUT2D eigenvalue weighted by molar-refractivity contribution is -0.129. The van der Waals surface area contributed by atoms with Gasteiger partial charge in [0.05, 0.1) is 24.4 Å². The van der Waals surface area contributed by atoms with Crippen LogP contribution in [0.3, 0.4) is 0 Å². The van der Waals surface area contributed by atoms with Crippen LogP contribution in [0.1, 0.15) is 33.6 Å². The summed E-state index contributed by atoms with van der Waals surface area (Å²) in [6, 6.07) is 0.0681. The average molecular weight is 279 g/mol. The zero-order valence-corrected chi connectivity index (χ0v) is 12.8. The molecule has 1 fully saturated rings. The number of rotatable bonds is 6. The zero-order chi connectivity index (χ0) is 14.8. The number of ether oxygens (including phenoxy) is 1. The van der Waals surface area contributed by atoms with E-state index in [0.717, 1.165) is 19.4 Å². The molecule has 0 unspecified atom stereocenters. The highest BCUT2D eigenvalue weighted by Crippen LogP contribution is 2.46. The molecule has 112 valence electrons. The Morgan fingerprint density at radius 1 is 1.50 bits per heavy atom. The van der Waals surface area contributed by atoms with Gasteiger partial charge in [-0.3, -0.25) is 4.79 Å². The molecule has 5 heteroatoms. The van der Waals surface area contributed by atoms with Crippen LogP contribution in [0.5, 0.6) is 0 Å². The minimum atomic E-state index is -0.285. The molecule has 5 nitrogen and oxygen atoms in total. The van der Waals surface area contributed by atoms with Gasteiger partial charge in [-0.15, -0.1) is 0 Å². The highest BCUT2D eigenvalue weighted by atomic mass is 16.5. The minimum Gasteiger partial charge on any atom is -0.384 e. The number of nitrogens with zero attached hydrogens (tertiary/aromatic N) is 2. The highest BCUT2D eigenvalue weighted by Gasteiger charge is 2.50. The second-order valence-electron chi connectivity index (χ2n) is 6.86. The second-order valence-corrected chi connectivity index (χ2v) is 6.86. The molecule has 0 bridgehead atoms. The summed E-state index contributed by atoms with van der Waals surface area (Å²) in [5, 5.41) is 3.22. The largest absolute Gasteiger partial charge is 0.384 e. The predicted molar refractivity (Wildman–Crippen MR) is 77.2 cm³/mol. The summed E-state index contributed by atoms with van der Waals surface area (Å²) >= 11 is 0. The fourth-order valence-electron chi connectivity index (χ4n) is 2.32. The van der Waals surface area contributed by atoms with Crippen LogP contribution in [-0.4, -0.2) is 35.2 Å². The number of imidazole rings is 1. The number of hydrogen-bond donors (Lipinski definition) is 1. The van der Waals surface area contributed by atoms with E-state index in [2.05, 4.69) is 31.1 Å². The maximum absolute atomic E-state index is 12.5. The first kappa shape index (κ1) is 15.0. The quantitative estimate of drug-likeness (QED) is 0.864. The summed E-state index contributed by atoms with van der Waals surface area (Å²) in [6.45, 7) is 7.68. The number of nitrogens with one attached hydrogen (secondary N) is 1. The van der Waals surface area contributed by atoms with Crippen LogP contribution in [-0.2, 0) is 16.1 Å². The van der Waals surface area contributed by atoms with Crippen LogP contribution in [0.2, 0.25) is 0 Å². The van der Waals surface area contributed by atoms with Crippen molar-refractivity contribution in [1.82, 2.24) is 14.9 Å². The standard InChI is InChI=1S/C15H25N3O2/c1-14(2,3)12(9-18-8-7-16-11-18)17-13(19)15(5-6-15)10-20-4/h7-8,11-12H,5-6,9-10H2,1-4H3,(H,17,19)/t12-/m1/s1. The van der Waals surface area contributed by atoms with Crippen molar-refractivity contribution in [1.29, 1.82) is 0 Å². The Morgan fingerprint density at radius 2 is 2.20 bits per heavy atom. The van der Waals surface area contributed by atoms with Gasteiger partial charge in [-0.25, -0.2) is 4.98 Å². The normalized spacial score (nSPS) is 18.6. The Hall–Kier alpha value is -1.36. The van der Waals surface area contributed by atoms with E-state index in [4.69, 9.17) is 4.74 Å². The molecule has 1 N–H and O–H groups in total. The van der Waals surface area contributed by atoms with E-state index in [1.807, 2.05) is 10.8 Å². The molecule has 20 heavy (non-hydrogen) atoms. The van der Waals surface area contributed by atoms with E-state index < -0.39 is 0 Å². The first-order valence-electron chi connectivity index (χ1n) is 7.13. The lowest BCUT2D eigenvalue weighted by Gasteiger charge is -2.33. The molecule has 1 aliphatic rings. The van der Waals surface area contributed by atoms with Gasteiger partial charge in [0.1, 0.15) is 0 Å². The number of amides is 1. The molecule has 1 saturated carbocycles. The van der Waals surface area contributed by atoms with Crippen LogP contribution in [0.25, 0.3) is 0 Å². The summed E-state index contributed by atoms with van der Waals surface area (Å²) in [5.41, 5.74) is -0.295. The molecule has 1 aliphatic carbocycles. The third-order valence-electron chi connectivity index (χ3n) is 4.06. The summed E-state index contributed by atoms with van der Waals surface area (Å²) < 4.78 is 7.19. The van der Waals surface area contributed by atoms with Crippen LogP contribution < -0.4 is 5.32 Å². The second kappa shape index (κ2) is 5.56. The predicted octanol–water partition coefficient (Wildman–Crippen LogP) is 1.84. The van der Waals surface area contributed by atoms with E-state index in [1.54, 1.807) is 19.6 Å². The molecule has 1 aromatic heterocycles. The van der Waals surface area contributed by atoms with E-state index in [-0.39, 0.29) is 22.8 Å². The number of methoxy groups -OCH3 is 1. The van der Waals surface area contributed by atoms with Gasteiger partial charge < -0.3 is 14.6 Å². The monoisotopic (exact) mass is 279 g/mol. The van der Waals surface area contributed by atoms with Crippen molar-refractivity contribution in [3.05, 3.63) is 18.7 Å². The topological polar surface area (TPSA) is 56.1 Å². The molecule has 1 aromatic rings. The Bertz CT molecular complexity index is 444. The van der Waals surface area contributed by atoms with Gasteiger partial charge in [0.15, 0.2) is 0 Å². The Labute approximate surface area is 120 Å². The van der Waals surface area contributed by atoms with Gasteiger partial charge in [-0.1, -0.05) is 20.8 Å². The van der Waals surface area contributed by atoms with Crippen molar-refractivity contribution in [2.45, 2.75) is 46.2 Å². The number of carbonyl (C=O) groups is 1. The third-order valence-corrected chi connectivity index (χ3v) is 4.06. The van der Waals surface area contributed by atoms with Crippen LogP contribution >= 0.6 is 0 Å². The molecule has 0 aliphatic heterocycles. The van der Waals surface area contributed by atoms with Crippen molar-refractivity contribution < 1.29 is 9.53 Å². The summed E-state index contributed by atoms with van der Waals surface area (Å²) in [5.74, 6) is 0.124. The molecule has 2 rings (SSSR count). The minimum absolute atomic E-state index is 0.0108. The van der Waals surface area contributed by atoms with E-state index in [0.29, 0.717) is 6.61 Å². The number of hydrogen-bond acceptors (Lipinski definition) is 3. The first-order valence-corrected chi connectivity index (χ1v) is 7.13. The maximum atomic E-state index is 12.5. The first-order chi connectivity index (χ1) is 9.37. The van der Waals surface area contributed by atoms with Gasteiger partial charge in [-0.05, 0) is 18.3 Å². The summed E-state index contributed by atoms with van der Waals surface area (Å²) in [7, 11) is 1.65. The Balaban J connectivity index is 2.03. The van der Waals surface area contributed by atoms with E-state index in [9.17, 15) is 4.79 Å². The maximum Gasteiger partial charge on any atom is 0.228 e. The average Bonchev–Trinajstić information content (AvgIpc) is 2.96. The fourth-order valence-corrected chi connectivity index (χ4v) is 2.32. The third kappa shape index (κ3) is 3.39. The van der Waals surface area contributed by atoms with E-state index in [1.165, 1.54) is 0 Å². The van der Waals surface area contributed by atoms with Gasteiger partial charge in [0, 0.05) is 26.0 Å². The SMILES string of the molecule is COCC1(C(=O)N[C@H](Cn2ccnc2)C(C)(C)C)CC1. The Morgan fingerprint density at radius 3 is 2.65 bits per heavy atom. The lowest BCUT2D eigenvalue weighted by atomic mass is 9.86. The lowest BCUT2D eigenvalue weighted by Crippen LogP contribution is -2.49. The van der Waals surface area contributed by atoms with Crippen LogP contribution in [0.15, 0.2) is 18.7 Å². The molecule has 0 spiro atoms. The van der Waals surface area contributed by atoms with Crippen molar-refractivity contribution in [2.24, 2.45) is 10.8 Å². The molecule has 1 atom stereocenters. The molecule has 0 radical (unpaired) electrons. The van der Waals surface area contributed by atoms with Crippen LogP contribution in [0, 0.1) is 10.8 Å². The van der Waals surface area contributed by atoms with E-state index >= 15 is 0 Å². The van der Waals surface area contributed by atoms with Gasteiger partial charge >= 0.3 is 0 Å². The van der Waals surface area contributed by atoms with Crippen molar-refractivity contribution >= 4 is 5.91 Å². The van der Waals surface area contributed by atoms with Gasteiger partial charge in [-0.2, -0.15) is 0 Å². The summed E-state index contributed by atoms with van der Waals surface area (Å²) in [4.78, 5) is 16.5. The van der Waals surface area contributed by atoms with Gasteiger partial charge in [0.2, 0.25) is 5.91 Å². The molecule has 1 heterocycles.